The van der Waals surface area contributed by atoms with Gasteiger partial charge in [-0.3, -0.25) is 0 Å². The monoisotopic (exact) mass is 230 g/mol. The molecule has 1 heterocycles. The molecule has 0 aromatic carbocycles. The van der Waals surface area contributed by atoms with E-state index in [1.54, 1.807) is 12.5 Å². The van der Waals surface area contributed by atoms with Crippen molar-refractivity contribution in [3.63, 3.8) is 0 Å². The summed E-state index contributed by atoms with van der Waals surface area (Å²) in [6, 6.07) is 0.0139. The average molecular weight is 230 g/mol. The lowest BCUT2D eigenvalue weighted by atomic mass is 10.2. The fraction of sp³-hybridized carbons (Fsp3) is 0.625. The van der Waals surface area contributed by atoms with Gasteiger partial charge in [-0.15, -0.1) is 0 Å². The van der Waals surface area contributed by atoms with Crippen LogP contribution >= 0.6 is 0 Å². The van der Waals surface area contributed by atoms with Crippen LogP contribution in [0, 0.1) is 0 Å². The number of nitrogens with two attached hydrogens (primary N) is 1. The summed E-state index contributed by atoms with van der Waals surface area (Å²) in [6.07, 6.45) is 7.99. The van der Waals surface area contributed by atoms with E-state index in [1.165, 1.54) is 0 Å². The van der Waals surface area contributed by atoms with Gasteiger partial charge in [0.1, 0.15) is 0 Å². The zero-order valence-corrected chi connectivity index (χ0v) is 9.02. The third kappa shape index (κ3) is 2.55. The molecule has 84 valence electrons. The van der Waals surface area contributed by atoms with E-state index in [1.807, 2.05) is 10.8 Å². The first-order valence-electron chi connectivity index (χ1n) is 4.84. The zero-order valence-electron chi connectivity index (χ0n) is 8.20. The van der Waals surface area contributed by atoms with Gasteiger partial charge in [0.2, 0.25) is 0 Å². The molecule has 1 saturated carbocycles. The lowest BCUT2D eigenvalue weighted by molar-refractivity contribution is 0.431. The summed E-state index contributed by atoms with van der Waals surface area (Å²) in [5.74, 6) is 0. The number of nitrogens with one attached hydrogen (secondary N) is 1. The van der Waals surface area contributed by atoms with Gasteiger partial charge in [-0.25, -0.2) is 10.1 Å². The highest BCUT2D eigenvalue weighted by molar-refractivity contribution is 7.87. The Kier molecular flexibility index (Phi) is 2.76. The molecule has 0 spiro atoms. The Morgan fingerprint density at radius 2 is 2.27 bits per heavy atom. The van der Waals surface area contributed by atoms with Crippen LogP contribution < -0.4 is 9.86 Å². The molecule has 1 aromatic heterocycles. The number of aromatic nitrogens is 2. The topological polar surface area (TPSA) is 90.0 Å². The number of hydrogen-bond donors (Lipinski definition) is 2. The van der Waals surface area contributed by atoms with Crippen LogP contribution in [0.3, 0.4) is 0 Å². The molecule has 3 N–H and O–H groups in total. The van der Waals surface area contributed by atoms with E-state index in [4.69, 9.17) is 5.14 Å². The van der Waals surface area contributed by atoms with Gasteiger partial charge in [-0.1, -0.05) is 0 Å². The van der Waals surface area contributed by atoms with Crippen molar-refractivity contribution in [2.75, 3.05) is 0 Å². The van der Waals surface area contributed by atoms with Crippen molar-refractivity contribution in [2.45, 2.75) is 31.3 Å². The maximum atomic E-state index is 10.9. The fourth-order valence-electron chi connectivity index (χ4n) is 2.11. The Hall–Kier alpha value is -0.920. The Labute approximate surface area is 88.7 Å². The predicted octanol–water partition coefficient (Wildman–Crippen LogP) is -0.230. The van der Waals surface area contributed by atoms with E-state index >= 15 is 0 Å². The Morgan fingerprint density at radius 3 is 2.87 bits per heavy atom. The van der Waals surface area contributed by atoms with Crippen LogP contribution in [0.5, 0.6) is 0 Å². The number of hydrogen-bond acceptors (Lipinski definition) is 3. The van der Waals surface area contributed by atoms with Crippen molar-refractivity contribution in [2.24, 2.45) is 5.14 Å². The van der Waals surface area contributed by atoms with E-state index in [-0.39, 0.29) is 12.1 Å². The van der Waals surface area contributed by atoms with Gasteiger partial charge in [-0.2, -0.15) is 13.1 Å². The lowest BCUT2D eigenvalue weighted by Gasteiger charge is -2.20. The summed E-state index contributed by atoms with van der Waals surface area (Å²) in [5, 5.41) is 4.97. The number of imidazole rings is 1. The Bertz CT molecular complexity index is 414. The summed E-state index contributed by atoms with van der Waals surface area (Å²) in [4.78, 5) is 3.95. The standard InChI is InChI=1S/C8H14N4O2S/c9-15(13,14)11-7-2-1-3-8(7)12-5-4-10-6-12/h4-8,11H,1-3H2,(H2,9,13,14). The first-order valence-corrected chi connectivity index (χ1v) is 6.38. The highest BCUT2D eigenvalue weighted by atomic mass is 32.2. The third-order valence-electron chi connectivity index (χ3n) is 2.70. The first kappa shape index (κ1) is 10.6. The molecular formula is C8H14N4O2S. The Morgan fingerprint density at radius 1 is 1.47 bits per heavy atom. The SMILES string of the molecule is NS(=O)(=O)NC1CCCC1n1ccnc1. The molecular weight excluding hydrogens is 216 g/mol. The van der Waals surface area contributed by atoms with E-state index in [0.717, 1.165) is 19.3 Å². The van der Waals surface area contributed by atoms with E-state index in [0.29, 0.717) is 0 Å². The van der Waals surface area contributed by atoms with Crippen LogP contribution in [0.2, 0.25) is 0 Å². The molecule has 0 saturated heterocycles. The molecule has 2 atom stereocenters. The molecule has 7 heteroatoms. The molecule has 2 unspecified atom stereocenters. The summed E-state index contributed by atoms with van der Waals surface area (Å²) in [7, 11) is -3.62. The summed E-state index contributed by atoms with van der Waals surface area (Å²) in [5.41, 5.74) is 0. The second kappa shape index (κ2) is 3.92. The average Bonchev–Trinajstić information content (AvgIpc) is 2.68. The zero-order chi connectivity index (χ0) is 10.9. The molecule has 0 amide bonds. The smallest absolute Gasteiger partial charge is 0.274 e. The minimum atomic E-state index is -3.62. The van der Waals surface area contributed by atoms with Crippen molar-refractivity contribution in [1.82, 2.24) is 14.3 Å². The third-order valence-corrected chi connectivity index (χ3v) is 3.33. The molecule has 0 bridgehead atoms. The fourth-order valence-corrected chi connectivity index (χ4v) is 2.81. The normalized spacial score (nSPS) is 27.0. The van der Waals surface area contributed by atoms with Crippen molar-refractivity contribution < 1.29 is 8.42 Å². The number of nitrogens with zero attached hydrogens (tertiary/aromatic N) is 2. The quantitative estimate of drug-likeness (QED) is 0.751. The summed E-state index contributed by atoms with van der Waals surface area (Å²) in [6.45, 7) is 0. The summed E-state index contributed by atoms with van der Waals surface area (Å²) < 4.78 is 26.3. The van der Waals surface area contributed by atoms with E-state index in [2.05, 4.69) is 9.71 Å². The molecule has 6 nitrogen and oxygen atoms in total. The lowest BCUT2D eigenvalue weighted by Crippen LogP contribution is -2.41. The van der Waals surface area contributed by atoms with Crippen LogP contribution in [-0.2, 0) is 10.2 Å². The molecule has 1 aliphatic carbocycles. The molecule has 1 aromatic rings. The highest BCUT2D eigenvalue weighted by Gasteiger charge is 2.30. The van der Waals surface area contributed by atoms with Crippen LogP contribution in [0.1, 0.15) is 25.3 Å². The van der Waals surface area contributed by atoms with Crippen LogP contribution in [-0.4, -0.2) is 24.0 Å². The molecule has 0 aliphatic heterocycles. The molecule has 1 aliphatic rings. The van der Waals surface area contributed by atoms with Crippen molar-refractivity contribution in [1.29, 1.82) is 0 Å². The minimum absolute atomic E-state index is 0.116. The molecule has 2 rings (SSSR count). The molecule has 15 heavy (non-hydrogen) atoms. The van der Waals surface area contributed by atoms with Gasteiger partial charge in [0.05, 0.1) is 12.4 Å². The van der Waals surface area contributed by atoms with Crippen LogP contribution in [0.15, 0.2) is 18.7 Å². The van der Waals surface area contributed by atoms with Gasteiger partial charge < -0.3 is 4.57 Å². The van der Waals surface area contributed by atoms with Crippen molar-refractivity contribution in [3.05, 3.63) is 18.7 Å². The van der Waals surface area contributed by atoms with Gasteiger partial charge in [-0.05, 0) is 19.3 Å². The van der Waals surface area contributed by atoms with Gasteiger partial charge in [0.25, 0.3) is 10.2 Å². The van der Waals surface area contributed by atoms with E-state index < -0.39 is 10.2 Å². The highest BCUT2D eigenvalue weighted by Crippen LogP contribution is 2.29. The first-order chi connectivity index (χ1) is 7.06. The molecule has 1 fully saturated rings. The van der Waals surface area contributed by atoms with Crippen LogP contribution in [0.25, 0.3) is 0 Å². The molecule has 0 radical (unpaired) electrons. The van der Waals surface area contributed by atoms with Gasteiger partial charge in [0, 0.05) is 18.4 Å². The number of rotatable bonds is 3. The summed E-state index contributed by atoms with van der Waals surface area (Å²) >= 11 is 0. The predicted molar refractivity (Wildman–Crippen MR) is 55.1 cm³/mol. The Balaban J connectivity index is 2.12. The van der Waals surface area contributed by atoms with Crippen molar-refractivity contribution >= 4 is 10.2 Å². The van der Waals surface area contributed by atoms with Gasteiger partial charge in [0.15, 0.2) is 0 Å². The van der Waals surface area contributed by atoms with Gasteiger partial charge >= 0.3 is 0 Å². The largest absolute Gasteiger partial charge is 0.333 e. The van der Waals surface area contributed by atoms with Crippen LogP contribution in [0.4, 0.5) is 0 Å². The van der Waals surface area contributed by atoms with E-state index in [9.17, 15) is 8.42 Å². The second-order valence-corrected chi connectivity index (χ2v) is 5.10. The second-order valence-electron chi connectivity index (χ2n) is 3.78. The minimum Gasteiger partial charge on any atom is -0.333 e. The maximum Gasteiger partial charge on any atom is 0.274 e. The van der Waals surface area contributed by atoms with Crippen molar-refractivity contribution in [3.8, 4) is 0 Å². The maximum absolute atomic E-state index is 10.9.